The molecular weight excluding hydrogens is 382 g/mol. The van der Waals surface area contributed by atoms with Crippen molar-refractivity contribution >= 4 is 21.6 Å². The number of nitrogens with one attached hydrogen (secondary N) is 1. The molecule has 28 heavy (non-hydrogen) atoms. The SMILES string of the molecule is CC[C@@H](C(=O)NCCCN1CCOCC1)N(c1cccc(OC)c1)S(C)(=O)=O. The van der Waals surface area contributed by atoms with Crippen LogP contribution in [0.2, 0.25) is 0 Å². The number of morpholine rings is 1. The molecule has 0 spiro atoms. The number of hydrogen-bond donors (Lipinski definition) is 1. The molecule has 158 valence electrons. The van der Waals surface area contributed by atoms with Crippen LogP contribution in [0.15, 0.2) is 24.3 Å². The normalized spacial score (nSPS) is 16.4. The number of ether oxygens (including phenoxy) is 2. The van der Waals surface area contributed by atoms with Crippen molar-refractivity contribution in [2.24, 2.45) is 0 Å². The first-order chi connectivity index (χ1) is 13.4. The summed E-state index contributed by atoms with van der Waals surface area (Å²) in [5, 5.41) is 2.89. The molecule has 1 atom stereocenters. The van der Waals surface area contributed by atoms with Gasteiger partial charge in [0.05, 0.1) is 32.3 Å². The van der Waals surface area contributed by atoms with Crippen LogP contribution in [0.1, 0.15) is 19.8 Å². The van der Waals surface area contributed by atoms with Gasteiger partial charge in [-0.2, -0.15) is 0 Å². The second-order valence-corrected chi connectivity index (χ2v) is 8.64. The van der Waals surface area contributed by atoms with E-state index in [-0.39, 0.29) is 5.91 Å². The summed E-state index contributed by atoms with van der Waals surface area (Å²) in [7, 11) is -2.14. The predicted molar refractivity (Wildman–Crippen MR) is 109 cm³/mol. The number of nitrogens with zero attached hydrogens (tertiary/aromatic N) is 2. The van der Waals surface area contributed by atoms with Crippen LogP contribution < -0.4 is 14.4 Å². The quantitative estimate of drug-likeness (QED) is 0.578. The fourth-order valence-electron chi connectivity index (χ4n) is 3.26. The van der Waals surface area contributed by atoms with E-state index >= 15 is 0 Å². The van der Waals surface area contributed by atoms with Gasteiger partial charge in [0.25, 0.3) is 0 Å². The largest absolute Gasteiger partial charge is 0.497 e. The summed E-state index contributed by atoms with van der Waals surface area (Å²) in [6.07, 6.45) is 2.28. The monoisotopic (exact) mass is 413 g/mol. The maximum absolute atomic E-state index is 12.8. The molecule has 1 aromatic rings. The fraction of sp³-hybridized carbons (Fsp3) is 0.632. The molecule has 0 saturated carbocycles. The predicted octanol–water partition coefficient (Wildman–Crippen LogP) is 1.08. The van der Waals surface area contributed by atoms with Crippen molar-refractivity contribution < 1.29 is 22.7 Å². The van der Waals surface area contributed by atoms with Gasteiger partial charge in [0.2, 0.25) is 15.9 Å². The Morgan fingerprint density at radius 2 is 2.07 bits per heavy atom. The minimum atomic E-state index is -3.65. The van der Waals surface area contributed by atoms with Crippen LogP contribution in [0.4, 0.5) is 5.69 Å². The van der Waals surface area contributed by atoms with E-state index in [0.29, 0.717) is 24.4 Å². The van der Waals surface area contributed by atoms with Crippen LogP contribution in [0.5, 0.6) is 5.75 Å². The van der Waals surface area contributed by atoms with Crippen LogP contribution >= 0.6 is 0 Å². The first kappa shape index (κ1) is 22.4. The van der Waals surface area contributed by atoms with Crippen LogP contribution in [-0.2, 0) is 19.6 Å². The molecule has 1 saturated heterocycles. The Balaban J connectivity index is 2.02. The zero-order valence-electron chi connectivity index (χ0n) is 16.9. The zero-order valence-corrected chi connectivity index (χ0v) is 17.7. The zero-order chi connectivity index (χ0) is 20.6. The fourth-order valence-corrected chi connectivity index (χ4v) is 4.47. The third-order valence-electron chi connectivity index (χ3n) is 4.69. The summed E-state index contributed by atoms with van der Waals surface area (Å²) in [4.78, 5) is 15.1. The summed E-state index contributed by atoms with van der Waals surface area (Å²) in [6, 6.07) is 5.91. The van der Waals surface area contributed by atoms with Gasteiger partial charge in [-0.05, 0) is 31.5 Å². The highest BCUT2D eigenvalue weighted by atomic mass is 32.2. The molecular formula is C19H31N3O5S. The standard InChI is InChI=1S/C19H31N3O5S/c1-4-18(19(23)20-9-6-10-21-11-13-27-14-12-21)22(28(3,24)25)16-7-5-8-17(15-16)26-2/h5,7-8,15,18H,4,6,9-14H2,1-3H3,(H,20,23)/t18-/m0/s1. The van der Waals surface area contributed by atoms with Gasteiger partial charge in [0.15, 0.2) is 0 Å². The van der Waals surface area contributed by atoms with Crippen LogP contribution in [-0.4, -0.2) is 78.0 Å². The molecule has 1 aromatic carbocycles. The van der Waals surface area contributed by atoms with E-state index in [1.807, 2.05) is 0 Å². The van der Waals surface area contributed by atoms with E-state index in [0.717, 1.165) is 45.5 Å². The lowest BCUT2D eigenvalue weighted by Crippen LogP contribution is -2.49. The number of sulfonamides is 1. The number of carbonyl (C=O) groups excluding carboxylic acids is 1. The van der Waals surface area contributed by atoms with Crippen molar-refractivity contribution in [2.45, 2.75) is 25.8 Å². The van der Waals surface area contributed by atoms with Crippen LogP contribution in [0.3, 0.4) is 0 Å². The van der Waals surface area contributed by atoms with Gasteiger partial charge < -0.3 is 14.8 Å². The van der Waals surface area contributed by atoms with E-state index in [4.69, 9.17) is 9.47 Å². The van der Waals surface area contributed by atoms with E-state index in [1.54, 1.807) is 31.2 Å². The first-order valence-corrected chi connectivity index (χ1v) is 11.4. The highest BCUT2D eigenvalue weighted by Crippen LogP contribution is 2.26. The average molecular weight is 414 g/mol. The summed E-state index contributed by atoms with van der Waals surface area (Å²) in [5.74, 6) is 0.240. The molecule has 0 radical (unpaired) electrons. The lowest BCUT2D eigenvalue weighted by Gasteiger charge is -2.30. The minimum absolute atomic E-state index is 0.294. The Morgan fingerprint density at radius 1 is 1.36 bits per heavy atom. The van der Waals surface area contributed by atoms with Gasteiger partial charge in [-0.1, -0.05) is 13.0 Å². The van der Waals surface area contributed by atoms with Gasteiger partial charge in [-0.15, -0.1) is 0 Å². The topological polar surface area (TPSA) is 88.2 Å². The Hall–Kier alpha value is -1.84. The molecule has 0 unspecified atom stereocenters. The average Bonchev–Trinajstić information content (AvgIpc) is 2.69. The van der Waals surface area contributed by atoms with E-state index < -0.39 is 16.1 Å². The van der Waals surface area contributed by atoms with E-state index in [2.05, 4.69) is 10.2 Å². The number of hydrogen-bond acceptors (Lipinski definition) is 6. The molecule has 1 fully saturated rings. The van der Waals surface area contributed by atoms with Crippen molar-refractivity contribution in [1.82, 2.24) is 10.2 Å². The summed E-state index contributed by atoms with van der Waals surface area (Å²) in [6.45, 7) is 6.49. The van der Waals surface area contributed by atoms with Gasteiger partial charge >= 0.3 is 0 Å². The number of amides is 1. The maximum atomic E-state index is 12.8. The molecule has 1 N–H and O–H groups in total. The molecule has 1 heterocycles. The molecule has 1 aliphatic rings. The van der Waals surface area contributed by atoms with Crippen molar-refractivity contribution in [1.29, 1.82) is 0 Å². The summed E-state index contributed by atoms with van der Waals surface area (Å²) < 4.78 is 36.6. The number of methoxy groups -OCH3 is 1. The number of anilines is 1. The molecule has 9 heteroatoms. The Labute approximate surface area is 167 Å². The van der Waals surface area contributed by atoms with Gasteiger partial charge in [0, 0.05) is 25.7 Å². The summed E-state index contributed by atoms with van der Waals surface area (Å²) in [5.41, 5.74) is 0.414. The molecule has 0 aromatic heterocycles. The second-order valence-electron chi connectivity index (χ2n) is 6.78. The number of rotatable bonds is 10. The highest BCUT2D eigenvalue weighted by Gasteiger charge is 2.31. The molecule has 0 bridgehead atoms. The maximum Gasteiger partial charge on any atom is 0.243 e. The number of benzene rings is 1. The lowest BCUT2D eigenvalue weighted by molar-refractivity contribution is -0.122. The van der Waals surface area contributed by atoms with Crippen molar-refractivity contribution in [3.05, 3.63) is 24.3 Å². The van der Waals surface area contributed by atoms with Crippen molar-refractivity contribution in [2.75, 3.05) is 57.1 Å². The Kier molecular flexibility index (Phi) is 8.53. The molecule has 1 amide bonds. The minimum Gasteiger partial charge on any atom is -0.497 e. The third-order valence-corrected chi connectivity index (χ3v) is 5.87. The third kappa shape index (κ3) is 6.35. The van der Waals surface area contributed by atoms with Gasteiger partial charge in [-0.3, -0.25) is 14.0 Å². The van der Waals surface area contributed by atoms with Crippen molar-refractivity contribution in [3.63, 3.8) is 0 Å². The highest BCUT2D eigenvalue weighted by molar-refractivity contribution is 7.92. The van der Waals surface area contributed by atoms with Crippen molar-refractivity contribution in [3.8, 4) is 5.75 Å². The molecule has 2 rings (SSSR count). The van der Waals surface area contributed by atoms with Gasteiger partial charge in [-0.25, -0.2) is 8.42 Å². The Bertz CT molecular complexity index is 735. The van der Waals surface area contributed by atoms with E-state index in [1.165, 1.54) is 11.4 Å². The lowest BCUT2D eigenvalue weighted by atomic mass is 10.2. The molecule has 0 aliphatic carbocycles. The van der Waals surface area contributed by atoms with E-state index in [9.17, 15) is 13.2 Å². The summed E-state index contributed by atoms with van der Waals surface area (Å²) >= 11 is 0. The van der Waals surface area contributed by atoms with Crippen LogP contribution in [0.25, 0.3) is 0 Å². The molecule has 1 aliphatic heterocycles. The number of carbonyl (C=O) groups is 1. The first-order valence-electron chi connectivity index (χ1n) is 9.58. The second kappa shape index (κ2) is 10.6. The smallest absolute Gasteiger partial charge is 0.243 e. The molecule has 8 nitrogen and oxygen atoms in total. The Morgan fingerprint density at radius 3 is 2.68 bits per heavy atom. The van der Waals surface area contributed by atoms with Gasteiger partial charge in [0.1, 0.15) is 11.8 Å². The van der Waals surface area contributed by atoms with Crippen LogP contribution in [0, 0.1) is 0 Å².